The lowest BCUT2D eigenvalue weighted by Crippen LogP contribution is -2.54. The molecule has 1 atom stereocenters. The molecule has 162 valence electrons. The molecule has 1 aromatic heterocycles. The van der Waals surface area contributed by atoms with Crippen molar-refractivity contribution in [1.29, 1.82) is 0 Å². The van der Waals surface area contributed by atoms with Crippen LogP contribution in [-0.2, 0) is 14.4 Å². The normalized spacial score (nSPS) is 16.5. The largest absolute Gasteiger partial charge is 0.480 e. The highest BCUT2D eigenvalue weighted by Gasteiger charge is 2.35. The second-order valence-electron chi connectivity index (χ2n) is 7.09. The molecule has 7 nitrogen and oxygen atoms in total. The lowest BCUT2D eigenvalue weighted by molar-refractivity contribution is -0.140. The molecule has 4 rings (SSSR count). The summed E-state index contributed by atoms with van der Waals surface area (Å²) in [6, 6.07) is 11.0. The van der Waals surface area contributed by atoms with Gasteiger partial charge in [0.05, 0.1) is 15.7 Å². The number of thiocarbonyl (C=S) groups is 1. The van der Waals surface area contributed by atoms with E-state index < -0.39 is 23.8 Å². The number of aromatic nitrogens is 1. The summed E-state index contributed by atoms with van der Waals surface area (Å²) in [6.07, 6.45) is 3.13. The number of benzene rings is 2. The van der Waals surface area contributed by atoms with Crippen LogP contribution < -0.4 is 10.2 Å². The lowest BCUT2D eigenvalue weighted by atomic mass is 10.1. The van der Waals surface area contributed by atoms with Crippen molar-refractivity contribution in [3.8, 4) is 0 Å². The highest BCUT2D eigenvalue weighted by atomic mass is 35.5. The van der Waals surface area contributed by atoms with Crippen molar-refractivity contribution in [3.63, 3.8) is 0 Å². The van der Waals surface area contributed by atoms with Crippen molar-refractivity contribution < 1.29 is 19.5 Å². The van der Waals surface area contributed by atoms with Gasteiger partial charge >= 0.3 is 5.97 Å². The van der Waals surface area contributed by atoms with Crippen LogP contribution in [0.5, 0.6) is 0 Å². The van der Waals surface area contributed by atoms with Crippen LogP contribution in [0.4, 0.5) is 5.69 Å². The van der Waals surface area contributed by atoms with Gasteiger partial charge in [-0.05, 0) is 61.1 Å². The topological polar surface area (TPSA) is 91.6 Å². The van der Waals surface area contributed by atoms with Gasteiger partial charge in [0, 0.05) is 17.1 Å². The van der Waals surface area contributed by atoms with E-state index in [-0.39, 0.29) is 26.4 Å². The third-order valence-corrected chi connectivity index (χ3v) is 6.20. The zero-order chi connectivity index (χ0) is 23.2. The third-order valence-electron chi connectivity index (χ3n) is 5.10. The van der Waals surface area contributed by atoms with E-state index in [2.05, 4.69) is 5.32 Å². The van der Waals surface area contributed by atoms with Crippen LogP contribution in [0, 0.1) is 0 Å². The molecule has 0 aliphatic carbocycles. The summed E-state index contributed by atoms with van der Waals surface area (Å²) in [7, 11) is 0. The molecular weight excluding hydrogens is 473 g/mol. The van der Waals surface area contributed by atoms with Gasteiger partial charge in [-0.15, -0.1) is 0 Å². The molecule has 1 aliphatic rings. The average Bonchev–Trinajstić information content (AvgIpc) is 3.16. The predicted molar refractivity (Wildman–Crippen MR) is 127 cm³/mol. The minimum atomic E-state index is -0.950. The zero-order valence-electron chi connectivity index (χ0n) is 16.5. The smallest absolute Gasteiger partial charge is 0.326 e. The Morgan fingerprint density at radius 3 is 2.66 bits per heavy atom. The fourth-order valence-corrected chi connectivity index (χ4v) is 4.09. The number of hydrogen-bond acceptors (Lipinski definition) is 4. The Bertz CT molecular complexity index is 1350. The Kier molecular flexibility index (Phi) is 5.77. The van der Waals surface area contributed by atoms with E-state index in [0.717, 1.165) is 15.8 Å². The molecule has 2 aromatic carbocycles. The molecule has 1 saturated heterocycles. The molecule has 0 spiro atoms. The summed E-state index contributed by atoms with van der Waals surface area (Å²) in [5, 5.41) is 12.8. The second kappa shape index (κ2) is 8.38. The van der Waals surface area contributed by atoms with Crippen LogP contribution in [-0.4, -0.2) is 32.6 Å². The van der Waals surface area contributed by atoms with Crippen LogP contribution in [0.2, 0.25) is 10.0 Å². The van der Waals surface area contributed by atoms with E-state index in [1.165, 1.54) is 6.08 Å². The number of rotatable bonds is 4. The molecule has 2 N–H and O–H groups in total. The first-order chi connectivity index (χ1) is 15.2. The van der Waals surface area contributed by atoms with Gasteiger partial charge < -0.3 is 9.67 Å². The second-order valence-corrected chi connectivity index (χ2v) is 8.26. The third kappa shape index (κ3) is 3.77. The monoisotopic (exact) mass is 487 g/mol. The van der Waals surface area contributed by atoms with Gasteiger partial charge in [0.25, 0.3) is 11.8 Å². The lowest BCUT2D eigenvalue weighted by Gasteiger charge is -2.29. The fourth-order valence-electron chi connectivity index (χ4n) is 3.44. The van der Waals surface area contributed by atoms with Gasteiger partial charge in [-0.3, -0.25) is 19.8 Å². The minimum absolute atomic E-state index is 0.100. The van der Waals surface area contributed by atoms with Crippen LogP contribution in [0.15, 0.2) is 54.2 Å². The van der Waals surface area contributed by atoms with Crippen molar-refractivity contribution in [2.75, 3.05) is 4.90 Å². The summed E-state index contributed by atoms with van der Waals surface area (Å²) in [4.78, 5) is 38.2. The number of carboxylic acid groups (broad SMARTS) is 1. The molecule has 2 heterocycles. The summed E-state index contributed by atoms with van der Waals surface area (Å²) < 4.78 is 1.63. The average molecular weight is 488 g/mol. The SMILES string of the molecule is CC(C(=O)O)n1ccc2cc(/C=C3\C(=O)NC(=S)N(c4cccc(Cl)c4Cl)C3=O)ccc21. The number of aliphatic carboxylic acids is 1. The Labute approximate surface area is 197 Å². The maximum absolute atomic E-state index is 13.2. The quantitative estimate of drug-likeness (QED) is 0.322. The van der Waals surface area contributed by atoms with E-state index in [1.54, 1.807) is 60.2 Å². The van der Waals surface area contributed by atoms with Gasteiger partial charge in [-0.25, -0.2) is 4.79 Å². The van der Waals surface area contributed by atoms with Gasteiger partial charge in [-0.1, -0.05) is 35.3 Å². The van der Waals surface area contributed by atoms with Gasteiger partial charge in [0.2, 0.25) is 0 Å². The standard InChI is InChI=1S/C22H15Cl2N3O4S/c1-11(21(30)31)26-8-7-13-9-12(5-6-16(13)26)10-14-19(28)25-22(32)27(20(14)29)17-4-2-3-15(23)18(17)24/h2-11H,1H3,(H,30,31)(H,25,28,32)/b14-10+. The number of anilines is 1. The first-order valence-corrected chi connectivity index (χ1v) is 10.5. The van der Waals surface area contributed by atoms with Crippen molar-refractivity contribution in [3.05, 3.63) is 69.8 Å². The highest BCUT2D eigenvalue weighted by Crippen LogP contribution is 2.34. The Morgan fingerprint density at radius 1 is 1.19 bits per heavy atom. The van der Waals surface area contributed by atoms with Gasteiger partial charge in [0.1, 0.15) is 11.6 Å². The number of fused-ring (bicyclic) bond motifs is 1. The van der Waals surface area contributed by atoms with Gasteiger partial charge in [-0.2, -0.15) is 0 Å². The molecule has 1 unspecified atom stereocenters. The molecule has 3 aromatic rings. The summed E-state index contributed by atoms with van der Waals surface area (Å²) >= 11 is 17.5. The Morgan fingerprint density at radius 2 is 1.94 bits per heavy atom. The fraction of sp³-hybridized carbons (Fsp3) is 0.0909. The molecule has 0 saturated carbocycles. The molecule has 32 heavy (non-hydrogen) atoms. The number of carbonyl (C=O) groups is 3. The Balaban J connectivity index is 1.74. The molecule has 2 amide bonds. The molecule has 1 aliphatic heterocycles. The zero-order valence-corrected chi connectivity index (χ0v) is 18.8. The van der Waals surface area contributed by atoms with Crippen molar-refractivity contribution in [1.82, 2.24) is 9.88 Å². The van der Waals surface area contributed by atoms with Crippen LogP contribution >= 0.6 is 35.4 Å². The molecule has 1 fully saturated rings. The number of nitrogens with zero attached hydrogens (tertiary/aromatic N) is 2. The molecule has 10 heteroatoms. The summed E-state index contributed by atoms with van der Waals surface area (Å²) in [5.41, 5.74) is 1.43. The number of carbonyl (C=O) groups excluding carboxylic acids is 2. The highest BCUT2D eigenvalue weighted by molar-refractivity contribution is 7.80. The van der Waals surface area contributed by atoms with E-state index in [9.17, 15) is 19.5 Å². The molecule has 0 radical (unpaired) electrons. The van der Waals surface area contributed by atoms with Crippen molar-refractivity contribution in [2.45, 2.75) is 13.0 Å². The maximum atomic E-state index is 13.2. The number of hydrogen-bond donors (Lipinski definition) is 2. The van der Waals surface area contributed by atoms with Crippen LogP contribution in [0.3, 0.4) is 0 Å². The van der Waals surface area contributed by atoms with Crippen molar-refractivity contribution >= 4 is 81.0 Å². The first-order valence-electron chi connectivity index (χ1n) is 9.38. The van der Waals surface area contributed by atoms with E-state index in [0.29, 0.717) is 5.56 Å². The van der Waals surface area contributed by atoms with E-state index in [4.69, 9.17) is 35.4 Å². The summed E-state index contributed by atoms with van der Waals surface area (Å²) in [5.74, 6) is -2.22. The molecule has 0 bridgehead atoms. The van der Waals surface area contributed by atoms with E-state index in [1.807, 2.05) is 0 Å². The van der Waals surface area contributed by atoms with Crippen LogP contribution in [0.1, 0.15) is 18.5 Å². The maximum Gasteiger partial charge on any atom is 0.326 e. The minimum Gasteiger partial charge on any atom is -0.480 e. The van der Waals surface area contributed by atoms with Gasteiger partial charge in [0.15, 0.2) is 5.11 Å². The number of amides is 2. The van der Waals surface area contributed by atoms with Crippen LogP contribution in [0.25, 0.3) is 17.0 Å². The summed E-state index contributed by atoms with van der Waals surface area (Å²) in [6.45, 7) is 1.58. The number of halogens is 2. The number of carboxylic acids is 1. The van der Waals surface area contributed by atoms with E-state index >= 15 is 0 Å². The number of nitrogens with one attached hydrogen (secondary N) is 1. The Hall–Kier alpha value is -3.20. The van der Waals surface area contributed by atoms with Crippen molar-refractivity contribution in [2.24, 2.45) is 0 Å². The first kappa shape index (κ1) is 22.0. The predicted octanol–water partition coefficient (Wildman–Crippen LogP) is 4.43. The molecular formula is C22H15Cl2N3O4S.